The lowest BCUT2D eigenvalue weighted by Gasteiger charge is -1.98. The van der Waals surface area contributed by atoms with Gasteiger partial charge in [-0.2, -0.15) is 0 Å². The van der Waals surface area contributed by atoms with E-state index in [0.29, 0.717) is 6.42 Å². The number of hydrogen-bond donors (Lipinski definition) is 3. The Morgan fingerprint density at radius 1 is 1.67 bits per heavy atom. The van der Waals surface area contributed by atoms with E-state index in [4.69, 9.17) is 16.6 Å². The van der Waals surface area contributed by atoms with Crippen LogP contribution in [0.2, 0.25) is 0 Å². The number of nitrogens with zero attached hydrogens (tertiary/aromatic N) is 1. The van der Waals surface area contributed by atoms with Gasteiger partial charge in [-0.25, -0.2) is 4.99 Å². The summed E-state index contributed by atoms with van der Waals surface area (Å²) in [6.07, 6.45) is -0.197. The second-order valence-electron chi connectivity index (χ2n) is 1.44. The minimum atomic E-state index is -0.736. The molecule has 56 valence electrons. The molecule has 0 aromatic heterocycles. The molecule has 0 bridgehead atoms. The van der Waals surface area contributed by atoms with Crippen molar-refractivity contribution in [2.45, 2.75) is 19.6 Å². The van der Waals surface area contributed by atoms with E-state index in [2.05, 4.69) is 4.99 Å². The second kappa shape index (κ2) is 5.33. The standard InChI is InChI=1S/C4H11N3O.H2O/c1-2-3(8)7-4(5)6;/h3,8H,2H2,1H3,(H4,5,6,7);1H2. The maximum absolute atomic E-state index is 8.68. The Hall–Kier alpha value is -0.810. The van der Waals surface area contributed by atoms with E-state index in [0.717, 1.165) is 0 Å². The first-order valence-electron chi connectivity index (χ1n) is 2.43. The topological polar surface area (TPSA) is 116 Å². The molecule has 0 spiro atoms. The van der Waals surface area contributed by atoms with Crippen molar-refractivity contribution in [3.63, 3.8) is 0 Å². The molecule has 0 saturated carbocycles. The van der Waals surface area contributed by atoms with Crippen molar-refractivity contribution >= 4 is 5.96 Å². The maximum Gasteiger partial charge on any atom is 0.188 e. The van der Waals surface area contributed by atoms with Crippen LogP contribution in [-0.4, -0.2) is 22.8 Å². The first-order chi connectivity index (χ1) is 3.66. The third-order valence-electron chi connectivity index (χ3n) is 0.663. The largest absolute Gasteiger partial charge is 0.412 e. The molecule has 0 aliphatic carbocycles. The number of guanidine groups is 1. The molecule has 7 N–H and O–H groups in total. The van der Waals surface area contributed by atoms with Crippen LogP contribution in [0.25, 0.3) is 0 Å². The van der Waals surface area contributed by atoms with Crippen LogP contribution >= 0.6 is 0 Å². The van der Waals surface area contributed by atoms with E-state index in [1.165, 1.54) is 0 Å². The Labute approximate surface area is 53.7 Å². The Bertz CT molecular complexity index is 89.8. The molecule has 1 atom stereocenters. The van der Waals surface area contributed by atoms with Crippen molar-refractivity contribution in [1.82, 2.24) is 0 Å². The molecule has 0 aliphatic rings. The lowest BCUT2D eigenvalue weighted by Crippen LogP contribution is -2.25. The van der Waals surface area contributed by atoms with Gasteiger partial charge in [0.05, 0.1) is 0 Å². The first-order valence-corrected chi connectivity index (χ1v) is 2.43. The van der Waals surface area contributed by atoms with Gasteiger partial charge in [0, 0.05) is 0 Å². The summed E-state index contributed by atoms with van der Waals surface area (Å²) in [4.78, 5) is 3.42. The van der Waals surface area contributed by atoms with Crippen LogP contribution in [0.3, 0.4) is 0 Å². The van der Waals surface area contributed by atoms with Gasteiger partial charge in [0.15, 0.2) is 5.96 Å². The monoisotopic (exact) mass is 135 g/mol. The molecular weight excluding hydrogens is 122 g/mol. The zero-order valence-electron chi connectivity index (χ0n) is 5.33. The Morgan fingerprint density at radius 2 is 2.11 bits per heavy atom. The number of aliphatic hydroxyl groups is 1. The highest BCUT2D eigenvalue weighted by Crippen LogP contribution is 1.87. The number of nitrogens with two attached hydrogens (primary N) is 2. The highest BCUT2D eigenvalue weighted by atomic mass is 16.3. The normalized spacial score (nSPS) is 11.3. The van der Waals surface area contributed by atoms with Crippen molar-refractivity contribution in [1.29, 1.82) is 0 Å². The third kappa shape index (κ3) is 7.19. The van der Waals surface area contributed by atoms with Crippen molar-refractivity contribution < 1.29 is 10.6 Å². The predicted octanol–water partition coefficient (Wildman–Crippen LogP) is -1.84. The van der Waals surface area contributed by atoms with Crippen molar-refractivity contribution in [2.75, 3.05) is 0 Å². The fraction of sp³-hybridized carbons (Fsp3) is 0.750. The number of aliphatic hydroxyl groups excluding tert-OH is 1. The molecule has 5 nitrogen and oxygen atoms in total. The van der Waals surface area contributed by atoms with Crippen LogP contribution in [0, 0.1) is 0 Å². The molecule has 0 rings (SSSR count). The zero-order chi connectivity index (χ0) is 6.57. The van der Waals surface area contributed by atoms with Gasteiger partial charge < -0.3 is 22.1 Å². The third-order valence-corrected chi connectivity index (χ3v) is 0.663. The average Bonchev–Trinajstić information content (AvgIpc) is 1.65. The molecule has 0 radical (unpaired) electrons. The van der Waals surface area contributed by atoms with Crippen LogP contribution in [0.5, 0.6) is 0 Å². The predicted molar refractivity (Wildman–Crippen MR) is 35.7 cm³/mol. The van der Waals surface area contributed by atoms with Gasteiger partial charge in [0.25, 0.3) is 0 Å². The zero-order valence-corrected chi connectivity index (χ0v) is 5.33. The van der Waals surface area contributed by atoms with Crippen LogP contribution in [0.15, 0.2) is 4.99 Å². The van der Waals surface area contributed by atoms with E-state index in [-0.39, 0.29) is 11.4 Å². The van der Waals surface area contributed by atoms with Crippen molar-refractivity contribution in [2.24, 2.45) is 16.5 Å². The molecule has 0 aromatic rings. The number of aliphatic imine (C=N–C) groups is 1. The number of hydrogen-bond acceptors (Lipinski definition) is 2. The molecule has 0 heterocycles. The van der Waals surface area contributed by atoms with Gasteiger partial charge in [0.1, 0.15) is 6.23 Å². The number of rotatable bonds is 2. The molecule has 0 aliphatic heterocycles. The van der Waals surface area contributed by atoms with Gasteiger partial charge in [-0.1, -0.05) is 6.92 Å². The molecule has 9 heavy (non-hydrogen) atoms. The summed E-state index contributed by atoms with van der Waals surface area (Å²) >= 11 is 0. The first kappa shape index (κ1) is 11.0. The summed E-state index contributed by atoms with van der Waals surface area (Å²) < 4.78 is 0. The highest BCUT2D eigenvalue weighted by Gasteiger charge is 1.93. The SMILES string of the molecule is CCC(O)N=C(N)N.O. The minimum absolute atomic E-state index is 0. The lowest BCUT2D eigenvalue weighted by atomic mass is 10.4. The van der Waals surface area contributed by atoms with Crippen LogP contribution < -0.4 is 11.5 Å². The van der Waals surface area contributed by atoms with E-state index in [1.54, 1.807) is 6.92 Å². The Kier molecular flexibility index (Phi) is 6.54. The van der Waals surface area contributed by atoms with Gasteiger partial charge in [-0.15, -0.1) is 0 Å². The lowest BCUT2D eigenvalue weighted by molar-refractivity contribution is 0.180. The summed E-state index contributed by atoms with van der Waals surface area (Å²) in [5.41, 5.74) is 9.87. The minimum Gasteiger partial charge on any atom is -0.412 e. The summed E-state index contributed by atoms with van der Waals surface area (Å²) in [7, 11) is 0. The van der Waals surface area contributed by atoms with E-state index >= 15 is 0 Å². The summed E-state index contributed by atoms with van der Waals surface area (Å²) in [5, 5.41) is 8.68. The summed E-state index contributed by atoms with van der Waals surface area (Å²) in [5.74, 6) is -0.0700. The van der Waals surface area contributed by atoms with E-state index < -0.39 is 6.23 Å². The van der Waals surface area contributed by atoms with E-state index in [1.807, 2.05) is 0 Å². The van der Waals surface area contributed by atoms with Crippen LogP contribution in [0.4, 0.5) is 0 Å². The maximum atomic E-state index is 8.68. The van der Waals surface area contributed by atoms with Gasteiger partial charge in [-0.05, 0) is 6.42 Å². The molecular formula is C4H13N3O2. The van der Waals surface area contributed by atoms with Crippen molar-refractivity contribution in [3.05, 3.63) is 0 Å². The summed E-state index contributed by atoms with van der Waals surface area (Å²) in [6, 6.07) is 0. The summed E-state index contributed by atoms with van der Waals surface area (Å²) in [6.45, 7) is 1.79. The quantitative estimate of drug-likeness (QED) is 0.305. The fourth-order valence-electron chi connectivity index (χ4n) is 0.263. The highest BCUT2D eigenvalue weighted by molar-refractivity contribution is 5.75. The molecule has 0 saturated heterocycles. The van der Waals surface area contributed by atoms with Crippen LogP contribution in [0.1, 0.15) is 13.3 Å². The van der Waals surface area contributed by atoms with Gasteiger partial charge >= 0.3 is 0 Å². The molecule has 0 fully saturated rings. The molecule has 0 aromatic carbocycles. The van der Waals surface area contributed by atoms with Crippen molar-refractivity contribution in [3.8, 4) is 0 Å². The molecule has 1 unspecified atom stereocenters. The fourth-order valence-corrected chi connectivity index (χ4v) is 0.263. The second-order valence-corrected chi connectivity index (χ2v) is 1.44. The Balaban J connectivity index is 0. The Morgan fingerprint density at radius 3 is 2.22 bits per heavy atom. The van der Waals surface area contributed by atoms with Gasteiger partial charge in [0.2, 0.25) is 0 Å². The average molecular weight is 135 g/mol. The molecule has 5 heteroatoms. The molecule has 0 amide bonds. The van der Waals surface area contributed by atoms with E-state index in [9.17, 15) is 0 Å². The smallest absolute Gasteiger partial charge is 0.188 e. The van der Waals surface area contributed by atoms with Gasteiger partial charge in [-0.3, -0.25) is 0 Å². The van der Waals surface area contributed by atoms with Crippen LogP contribution in [-0.2, 0) is 0 Å².